The van der Waals surface area contributed by atoms with E-state index in [0.29, 0.717) is 0 Å². The Kier molecular flexibility index (Phi) is 2.68. The first kappa shape index (κ1) is 5.64. The number of hydrogen-bond donors (Lipinski definition) is 0. The molecule has 0 aromatic rings. The maximum absolute atomic E-state index is 7.99. The Morgan fingerprint density at radius 3 is 2.33 bits per heavy atom. The Labute approximate surface area is 41.9 Å². The molecule has 0 unspecified atom stereocenters. The molecule has 0 bridgehead atoms. The molecular formula is C3H6N2S. The molecule has 0 aliphatic heterocycles. The molecule has 0 heterocycles. The van der Waals surface area contributed by atoms with Gasteiger partial charge >= 0.3 is 0 Å². The van der Waals surface area contributed by atoms with Crippen LogP contribution in [0.4, 0.5) is 0 Å². The van der Waals surface area contributed by atoms with Gasteiger partial charge in [0.05, 0.1) is 0 Å². The molecule has 0 aromatic carbocycles. The largest absolute Gasteiger partial charge is 0.257 e. The molecule has 0 aromatic heterocycles. The second-order valence-corrected chi connectivity index (χ2v) is 1.69. The van der Waals surface area contributed by atoms with Gasteiger partial charge in [-0.3, -0.25) is 4.31 Å². The Morgan fingerprint density at radius 1 is 1.83 bits per heavy atom. The normalized spacial score (nSPS) is 6.83. The van der Waals surface area contributed by atoms with Crippen LogP contribution in [0.2, 0.25) is 0 Å². The van der Waals surface area contributed by atoms with E-state index in [4.69, 9.17) is 5.26 Å². The van der Waals surface area contributed by atoms with E-state index in [2.05, 4.69) is 0 Å². The van der Waals surface area contributed by atoms with Gasteiger partial charge in [0.15, 0.2) is 6.19 Å². The highest BCUT2D eigenvalue weighted by atomic mass is 32.2. The lowest BCUT2D eigenvalue weighted by molar-refractivity contribution is 0.801. The summed E-state index contributed by atoms with van der Waals surface area (Å²) in [5.41, 5.74) is 0. The third-order valence-electron chi connectivity index (χ3n) is 0.415. The summed E-state index contributed by atoms with van der Waals surface area (Å²) in [6, 6.07) is 0. The Bertz CT molecular complexity index is 65.7. The van der Waals surface area contributed by atoms with Gasteiger partial charge in [0.2, 0.25) is 0 Å². The Hall–Kier alpha value is -0.360. The summed E-state index contributed by atoms with van der Waals surface area (Å²) < 4.78 is 1.47. The van der Waals surface area contributed by atoms with Crippen molar-refractivity contribution in [3.63, 3.8) is 0 Å². The molecule has 0 aliphatic rings. The van der Waals surface area contributed by atoms with Crippen LogP contribution >= 0.6 is 11.9 Å². The monoisotopic (exact) mass is 102 g/mol. The summed E-state index contributed by atoms with van der Waals surface area (Å²) in [6.45, 7) is 0. The molecule has 0 fully saturated rings. The number of nitrogens with zero attached hydrogens (tertiary/aromatic N) is 2. The molecule has 6 heavy (non-hydrogen) atoms. The van der Waals surface area contributed by atoms with E-state index >= 15 is 0 Å². The second kappa shape index (κ2) is 2.86. The summed E-state index contributed by atoms with van der Waals surface area (Å²) in [6.07, 6.45) is 3.76. The van der Waals surface area contributed by atoms with E-state index in [-0.39, 0.29) is 0 Å². The molecule has 0 saturated heterocycles. The average Bonchev–Trinajstić information content (AvgIpc) is 1.65. The predicted molar refractivity (Wildman–Crippen MR) is 26.9 cm³/mol. The van der Waals surface area contributed by atoms with Gasteiger partial charge in [-0.05, 0) is 11.9 Å². The van der Waals surface area contributed by atoms with Gasteiger partial charge in [0.1, 0.15) is 0 Å². The molecular weight excluding hydrogens is 96.1 g/mol. The van der Waals surface area contributed by atoms with Gasteiger partial charge in [-0.2, -0.15) is 5.26 Å². The highest BCUT2D eigenvalue weighted by Gasteiger charge is 1.79. The van der Waals surface area contributed by atoms with E-state index in [1.54, 1.807) is 7.05 Å². The van der Waals surface area contributed by atoms with E-state index in [9.17, 15) is 0 Å². The van der Waals surface area contributed by atoms with Crippen molar-refractivity contribution >= 4 is 11.9 Å². The molecule has 0 saturated carbocycles. The molecule has 0 radical (unpaired) electrons. The molecule has 3 heteroatoms. The van der Waals surface area contributed by atoms with Gasteiger partial charge in [0.25, 0.3) is 0 Å². The molecule has 0 N–H and O–H groups in total. The van der Waals surface area contributed by atoms with Crippen molar-refractivity contribution in [1.82, 2.24) is 4.31 Å². The molecule has 0 rings (SSSR count). The Balaban J connectivity index is 3.04. The third kappa shape index (κ3) is 1.91. The number of nitriles is 1. The zero-order valence-electron chi connectivity index (χ0n) is 3.80. The number of rotatable bonds is 1. The second-order valence-electron chi connectivity index (χ2n) is 0.780. The van der Waals surface area contributed by atoms with Crippen LogP contribution in [-0.2, 0) is 0 Å². The van der Waals surface area contributed by atoms with Crippen LogP contribution in [0.15, 0.2) is 0 Å². The predicted octanol–water partition coefficient (Wildman–Crippen LogP) is 0.677. The molecule has 2 nitrogen and oxygen atoms in total. The minimum Gasteiger partial charge on any atom is -0.257 e. The lowest BCUT2D eigenvalue weighted by atomic mass is 11.2. The van der Waals surface area contributed by atoms with Crippen molar-refractivity contribution in [2.24, 2.45) is 0 Å². The maximum atomic E-state index is 7.99. The van der Waals surface area contributed by atoms with Crippen LogP contribution in [0, 0.1) is 11.5 Å². The summed E-state index contributed by atoms with van der Waals surface area (Å²) in [7, 11) is 1.71. The van der Waals surface area contributed by atoms with Crippen LogP contribution in [0.5, 0.6) is 0 Å². The quantitative estimate of drug-likeness (QED) is 0.277. The van der Waals surface area contributed by atoms with Gasteiger partial charge in [0, 0.05) is 13.3 Å². The molecule has 0 atom stereocenters. The first-order valence-electron chi connectivity index (χ1n) is 1.49. The van der Waals surface area contributed by atoms with Crippen molar-refractivity contribution in [2.45, 2.75) is 0 Å². The fourth-order valence-corrected chi connectivity index (χ4v) is 0.122. The average molecular weight is 102 g/mol. The molecule has 0 aliphatic carbocycles. The van der Waals surface area contributed by atoms with Crippen molar-refractivity contribution in [3.05, 3.63) is 0 Å². The van der Waals surface area contributed by atoms with Crippen LogP contribution < -0.4 is 0 Å². The highest BCUT2D eigenvalue weighted by Crippen LogP contribution is 1.94. The van der Waals surface area contributed by atoms with Crippen LogP contribution in [0.25, 0.3) is 0 Å². The third-order valence-corrected chi connectivity index (χ3v) is 1.04. The summed E-state index contributed by atoms with van der Waals surface area (Å²) in [5, 5.41) is 7.99. The van der Waals surface area contributed by atoms with E-state index in [1.165, 1.54) is 16.3 Å². The summed E-state index contributed by atoms with van der Waals surface area (Å²) >= 11 is 1.40. The first-order valence-corrected chi connectivity index (χ1v) is 2.67. The highest BCUT2D eigenvalue weighted by molar-refractivity contribution is 7.96. The van der Waals surface area contributed by atoms with Gasteiger partial charge in [-0.25, -0.2) is 0 Å². The van der Waals surface area contributed by atoms with Crippen molar-refractivity contribution < 1.29 is 0 Å². The van der Waals surface area contributed by atoms with Crippen molar-refractivity contribution in [1.29, 1.82) is 5.26 Å². The van der Waals surface area contributed by atoms with Crippen molar-refractivity contribution in [3.8, 4) is 6.19 Å². The first-order chi connectivity index (χ1) is 2.81. The fourth-order valence-electron chi connectivity index (χ4n) is 0.0408. The molecule has 34 valence electrons. The zero-order chi connectivity index (χ0) is 4.99. The van der Waals surface area contributed by atoms with Crippen LogP contribution in [0.3, 0.4) is 0 Å². The maximum Gasteiger partial charge on any atom is 0.190 e. The SMILES string of the molecule is CSN(C)C#N. The lowest BCUT2D eigenvalue weighted by Gasteiger charge is -1.97. The molecule has 0 amide bonds. The number of hydrogen-bond acceptors (Lipinski definition) is 3. The minimum atomic E-state index is 1.40. The minimum absolute atomic E-state index is 1.40. The van der Waals surface area contributed by atoms with Crippen LogP contribution in [-0.4, -0.2) is 17.6 Å². The topological polar surface area (TPSA) is 27.0 Å². The fraction of sp³-hybridized carbons (Fsp3) is 0.667. The smallest absolute Gasteiger partial charge is 0.190 e. The lowest BCUT2D eigenvalue weighted by Crippen LogP contribution is -1.95. The van der Waals surface area contributed by atoms with Crippen molar-refractivity contribution in [2.75, 3.05) is 13.3 Å². The van der Waals surface area contributed by atoms with E-state index in [0.717, 1.165) is 0 Å². The standard InChI is InChI=1S/C3H6N2S/c1-5(3-4)6-2/h1-2H3. The summed E-state index contributed by atoms with van der Waals surface area (Å²) in [5.74, 6) is 0. The zero-order valence-corrected chi connectivity index (χ0v) is 4.62. The van der Waals surface area contributed by atoms with Gasteiger partial charge in [-0.15, -0.1) is 0 Å². The van der Waals surface area contributed by atoms with Gasteiger partial charge in [-0.1, -0.05) is 0 Å². The van der Waals surface area contributed by atoms with Gasteiger partial charge < -0.3 is 0 Å². The van der Waals surface area contributed by atoms with E-state index in [1.807, 2.05) is 12.4 Å². The van der Waals surface area contributed by atoms with E-state index < -0.39 is 0 Å². The summed E-state index contributed by atoms with van der Waals surface area (Å²) in [4.78, 5) is 0. The van der Waals surface area contributed by atoms with Crippen LogP contribution in [0.1, 0.15) is 0 Å². The Morgan fingerprint density at radius 2 is 2.33 bits per heavy atom. The molecule has 0 spiro atoms.